The Hall–Kier alpha value is -3.20. The van der Waals surface area contributed by atoms with Crippen molar-refractivity contribution in [2.75, 3.05) is 27.1 Å². The molecule has 2 aromatic carbocycles. The second kappa shape index (κ2) is 10.0. The van der Waals surface area contributed by atoms with Crippen LogP contribution < -0.4 is 19.5 Å². The molecule has 7 nitrogen and oxygen atoms in total. The van der Waals surface area contributed by atoms with Crippen molar-refractivity contribution in [2.24, 2.45) is 0 Å². The maximum Gasteiger partial charge on any atom is 0.230 e. The van der Waals surface area contributed by atoms with Crippen molar-refractivity contribution in [1.82, 2.24) is 15.3 Å². The Balaban J connectivity index is 1.55. The number of halogens is 1. The third-order valence-electron chi connectivity index (χ3n) is 4.26. The van der Waals surface area contributed by atoms with Crippen LogP contribution in [0.15, 0.2) is 47.8 Å². The van der Waals surface area contributed by atoms with Crippen LogP contribution in [0.3, 0.4) is 0 Å². The average molecular weight is 431 g/mol. The van der Waals surface area contributed by atoms with Crippen LogP contribution in [0.2, 0.25) is 0 Å². The highest BCUT2D eigenvalue weighted by atomic mass is 32.2. The van der Waals surface area contributed by atoms with Crippen LogP contribution in [0.5, 0.6) is 17.2 Å². The van der Waals surface area contributed by atoms with E-state index in [0.29, 0.717) is 28.9 Å². The molecule has 0 aliphatic heterocycles. The van der Waals surface area contributed by atoms with Crippen molar-refractivity contribution in [1.29, 1.82) is 0 Å². The third-order valence-corrected chi connectivity index (χ3v) is 5.15. The van der Waals surface area contributed by atoms with Gasteiger partial charge in [0.1, 0.15) is 5.82 Å². The van der Waals surface area contributed by atoms with Crippen molar-refractivity contribution in [3.8, 4) is 28.5 Å². The number of amides is 1. The third kappa shape index (κ3) is 5.24. The van der Waals surface area contributed by atoms with E-state index in [-0.39, 0.29) is 17.5 Å². The Morgan fingerprint density at radius 3 is 2.37 bits per heavy atom. The molecule has 0 saturated carbocycles. The van der Waals surface area contributed by atoms with Gasteiger partial charge in [0.2, 0.25) is 11.7 Å². The summed E-state index contributed by atoms with van der Waals surface area (Å²) in [5.74, 6) is 1.31. The normalized spacial score (nSPS) is 10.5. The van der Waals surface area contributed by atoms with Gasteiger partial charge in [-0.1, -0.05) is 11.8 Å². The van der Waals surface area contributed by atoms with E-state index < -0.39 is 0 Å². The molecule has 0 radical (unpaired) electrons. The number of aromatic nitrogens is 2. The predicted molar refractivity (Wildman–Crippen MR) is 113 cm³/mol. The molecule has 1 heterocycles. The first kappa shape index (κ1) is 21.5. The highest BCUT2D eigenvalue weighted by Gasteiger charge is 2.14. The fourth-order valence-corrected chi connectivity index (χ4v) is 3.45. The molecule has 0 spiro atoms. The molecule has 0 aliphatic carbocycles. The van der Waals surface area contributed by atoms with Crippen LogP contribution in [0.4, 0.5) is 4.39 Å². The number of rotatable bonds is 9. The Labute approximate surface area is 178 Å². The smallest absolute Gasteiger partial charge is 0.230 e. The number of hydrogen-bond acceptors (Lipinski definition) is 6. The van der Waals surface area contributed by atoms with Crippen LogP contribution in [-0.2, 0) is 11.3 Å². The zero-order valence-corrected chi connectivity index (χ0v) is 17.6. The van der Waals surface area contributed by atoms with Gasteiger partial charge >= 0.3 is 0 Å². The number of nitrogens with one attached hydrogen (secondary N) is 2. The van der Waals surface area contributed by atoms with E-state index in [1.165, 1.54) is 31.0 Å². The van der Waals surface area contributed by atoms with Gasteiger partial charge in [-0.25, -0.2) is 9.37 Å². The summed E-state index contributed by atoms with van der Waals surface area (Å²) in [6.07, 6.45) is 1.66. The molecule has 3 rings (SSSR count). The summed E-state index contributed by atoms with van der Waals surface area (Å²) in [6.45, 7) is 0.315. The first-order valence-electron chi connectivity index (χ1n) is 9.03. The van der Waals surface area contributed by atoms with Gasteiger partial charge in [0.25, 0.3) is 0 Å². The zero-order chi connectivity index (χ0) is 21.5. The maximum absolute atomic E-state index is 13.0. The molecule has 0 aliphatic rings. The number of methoxy groups -OCH3 is 3. The quantitative estimate of drug-likeness (QED) is 0.503. The molecule has 158 valence electrons. The topological polar surface area (TPSA) is 85.5 Å². The number of carbonyl (C=O) groups is 1. The summed E-state index contributed by atoms with van der Waals surface area (Å²) >= 11 is 1.28. The summed E-state index contributed by atoms with van der Waals surface area (Å²) in [6, 6.07) is 9.69. The number of H-pyrrole nitrogens is 1. The van der Waals surface area contributed by atoms with Gasteiger partial charge < -0.3 is 24.5 Å². The first-order valence-corrected chi connectivity index (χ1v) is 10.0. The molecule has 3 aromatic rings. The predicted octanol–water partition coefficient (Wildman–Crippen LogP) is 3.65. The number of carbonyl (C=O) groups excluding carboxylic acids is 1. The van der Waals surface area contributed by atoms with Crippen LogP contribution in [-0.4, -0.2) is 43.0 Å². The van der Waals surface area contributed by atoms with Gasteiger partial charge in [0, 0.05) is 6.54 Å². The maximum atomic E-state index is 13.0. The summed E-state index contributed by atoms with van der Waals surface area (Å²) < 4.78 is 29.0. The van der Waals surface area contributed by atoms with Gasteiger partial charge in [-0.3, -0.25) is 4.79 Å². The van der Waals surface area contributed by atoms with Gasteiger partial charge in [0.05, 0.1) is 39.0 Å². The minimum absolute atomic E-state index is 0.145. The fraction of sp³-hybridized carbons (Fsp3) is 0.238. The fourth-order valence-electron chi connectivity index (χ4n) is 2.78. The van der Waals surface area contributed by atoms with Gasteiger partial charge in [-0.15, -0.1) is 0 Å². The molecule has 9 heteroatoms. The molecular formula is C21H22FN3O4S. The second-order valence-corrected chi connectivity index (χ2v) is 7.17. The highest BCUT2D eigenvalue weighted by Crippen LogP contribution is 2.38. The average Bonchev–Trinajstić information content (AvgIpc) is 3.24. The Kier molecular flexibility index (Phi) is 7.18. The van der Waals surface area contributed by atoms with Crippen LogP contribution >= 0.6 is 11.8 Å². The van der Waals surface area contributed by atoms with Crippen molar-refractivity contribution in [3.63, 3.8) is 0 Å². The number of benzene rings is 2. The zero-order valence-electron chi connectivity index (χ0n) is 16.8. The van der Waals surface area contributed by atoms with E-state index >= 15 is 0 Å². The van der Waals surface area contributed by atoms with E-state index in [9.17, 15) is 9.18 Å². The lowest BCUT2D eigenvalue weighted by Gasteiger charge is -2.14. The molecule has 0 atom stereocenters. The molecule has 30 heavy (non-hydrogen) atoms. The Morgan fingerprint density at radius 1 is 1.10 bits per heavy atom. The van der Waals surface area contributed by atoms with E-state index in [1.807, 2.05) is 0 Å². The van der Waals surface area contributed by atoms with Crippen LogP contribution in [0.1, 0.15) is 5.56 Å². The van der Waals surface area contributed by atoms with Gasteiger partial charge in [-0.2, -0.15) is 0 Å². The van der Waals surface area contributed by atoms with Crippen molar-refractivity contribution in [3.05, 3.63) is 54.0 Å². The minimum Gasteiger partial charge on any atom is -0.493 e. The van der Waals surface area contributed by atoms with E-state index in [2.05, 4.69) is 15.3 Å². The van der Waals surface area contributed by atoms with Crippen molar-refractivity contribution < 1.29 is 23.4 Å². The summed E-state index contributed by atoms with van der Waals surface area (Å²) in [5.41, 5.74) is 2.40. The van der Waals surface area contributed by atoms with Crippen LogP contribution in [0.25, 0.3) is 11.3 Å². The lowest BCUT2D eigenvalue weighted by atomic mass is 10.2. The Morgan fingerprint density at radius 2 is 1.77 bits per heavy atom. The molecule has 1 aromatic heterocycles. The van der Waals surface area contributed by atoms with Crippen molar-refractivity contribution >= 4 is 17.7 Å². The standard InChI is InChI=1S/C21H22FN3O4S/c1-27-17-8-13(9-18(28-2)20(17)29-3)10-23-19(26)12-30-21-24-11-16(25-21)14-4-6-15(22)7-5-14/h4-9,11H,10,12H2,1-3H3,(H,23,26)(H,24,25). The van der Waals surface area contributed by atoms with Crippen LogP contribution in [0, 0.1) is 5.82 Å². The van der Waals surface area contributed by atoms with E-state index in [0.717, 1.165) is 16.8 Å². The number of thioether (sulfide) groups is 1. The largest absolute Gasteiger partial charge is 0.493 e. The molecular weight excluding hydrogens is 409 g/mol. The SMILES string of the molecule is COc1cc(CNC(=O)CSc2ncc(-c3ccc(F)cc3)[nH]2)cc(OC)c1OC. The lowest BCUT2D eigenvalue weighted by molar-refractivity contribution is -0.118. The summed E-state index contributed by atoms with van der Waals surface area (Å²) in [7, 11) is 4.62. The monoisotopic (exact) mass is 431 g/mol. The second-order valence-electron chi connectivity index (χ2n) is 6.21. The number of imidazole rings is 1. The Bertz CT molecular complexity index is 983. The van der Waals surface area contributed by atoms with Gasteiger partial charge in [-0.05, 0) is 47.5 Å². The first-order chi connectivity index (χ1) is 14.5. The molecule has 0 saturated heterocycles. The molecule has 2 N–H and O–H groups in total. The molecule has 0 fully saturated rings. The number of ether oxygens (including phenoxy) is 3. The number of hydrogen-bond donors (Lipinski definition) is 2. The van der Waals surface area contributed by atoms with Gasteiger partial charge in [0.15, 0.2) is 16.7 Å². The number of aromatic amines is 1. The highest BCUT2D eigenvalue weighted by molar-refractivity contribution is 7.99. The molecule has 0 bridgehead atoms. The van der Waals surface area contributed by atoms with E-state index in [4.69, 9.17) is 14.2 Å². The molecule has 0 unspecified atom stereocenters. The summed E-state index contributed by atoms with van der Waals surface area (Å²) in [4.78, 5) is 19.6. The number of nitrogens with zero attached hydrogens (tertiary/aromatic N) is 1. The van der Waals surface area contributed by atoms with Crippen molar-refractivity contribution in [2.45, 2.75) is 11.7 Å². The molecule has 1 amide bonds. The summed E-state index contributed by atoms with van der Waals surface area (Å²) in [5, 5.41) is 3.47. The minimum atomic E-state index is -0.295. The van der Waals surface area contributed by atoms with E-state index in [1.54, 1.807) is 44.7 Å². The lowest BCUT2D eigenvalue weighted by Crippen LogP contribution is -2.24.